The minimum atomic E-state index is -0.266. The summed E-state index contributed by atoms with van der Waals surface area (Å²) in [6.45, 7) is 1.57. The fraction of sp³-hybridized carbons (Fsp3) is 0.154. The Bertz CT molecular complexity index is 1280. The second kappa shape index (κ2) is 8.59. The number of fused-ring (bicyclic) bond motifs is 2. The van der Waals surface area contributed by atoms with E-state index in [1.54, 1.807) is 17.0 Å². The zero-order valence-electron chi connectivity index (χ0n) is 17.5. The van der Waals surface area contributed by atoms with E-state index in [1.165, 1.54) is 11.8 Å². The first-order valence-corrected chi connectivity index (χ1v) is 10.6. The third-order valence-corrected chi connectivity index (χ3v) is 5.81. The molecule has 0 fully saturated rings. The van der Waals surface area contributed by atoms with Crippen molar-refractivity contribution in [3.63, 3.8) is 0 Å². The van der Waals surface area contributed by atoms with Crippen LogP contribution < -0.4 is 10.6 Å². The number of benzene rings is 3. The van der Waals surface area contributed by atoms with Crippen LogP contribution in [-0.2, 0) is 19.5 Å². The maximum Gasteiger partial charge on any atom is 0.319 e. The maximum absolute atomic E-state index is 12.6. The topological polar surface area (TPSA) is 74.6 Å². The number of carbonyl (C=O) groups is 2. The van der Waals surface area contributed by atoms with Gasteiger partial charge < -0.3 is 20.0 Å². The van der Waals surface area contributed by atoms with Crippen LogP contribution in [-0.4, -0.2) is 23.4 Å². The summed E-state index contributed by atoms with van der Waals surface area (Å²) in [5.74, 6) is 0.224. The van der Waals surface area contributed by atoms with Gasteiger partial charge in [-0.1, -0.05) is 48.5 Å². The third kappa shape index (κ3) is 4.07. The minimum Gasteiger partial charge on any atom is -0.459 e. The Balaban J connectivity index is 1.24. The Hall–Kier alpha value is -4.06. The lowest BCUT2D eigenvalue weighted by atomic mass is 9.99. The van der Waals surface area contributed by atoms with Crippen LogP contribution in [0.15, 0.2) is 83.5 Å². The summed E-state index contributed by atoms with van der Waals surface area (Å²) < 4.78 is 5.25. The quantitative estimate of drug-likeness (QED) is 0.486. The molecule has 3 aromatic carbocycles. The fourth-order valence-electron chi connectivity index (χ4n) is 4.16. The number of carbonyl (C=O) groups excluding carboxylic acids is 2. The predicted octanol–water partition coefficient (Wildman–Crippen LogP) is 4.95. The molecule has 4 aromatic rings. The average Bonchev–Trinajstić information content (AvgIpc) is 3.37. The molecule has 1 aliphatic heterocycles. The molecule has 0 aliphatic carbocycles. The predicted molar refractivity (Wildman–Crippen MR) is 123 cm³/mol. The first-order chi connectivity index (χ1) is 15.7. The number of hydrogen-bond acceptors (Lipinski definition) is 3. The molecule has 1 aromatic heterocycles. The summed E-state index contributed by atoms with van der Waals surface area (Å²) in [5, 5.41) is 8.13. The van der Waals surface area contributed by atoms with E-state index in [0.29, 0.717) is 31.1 Å². The Morgan fingerprint density at radius 2 is 1.81 bits per heavy atom. The van der Waals surface area contributed by atoms with Crippen LogP contribution in [0.4, 0.5) is 10.5 Å². The number of nitrogens with zero attached hydrogens (tertiary/aromatic N) is 1. The second-order valence-corrected chi connectivity index (χ2v) is 7.88. The number of anilines is 1. The van der Waals surface area contributed by atoms with Crippen molar-refractivity contribution >= 4 is 28.4 Å². The lowest BCUT2D eigenvalue weighted by Gasteiger charge is -2.28. The van der Waals surface area contributed by atoms with E-state index in [9.17, 15) is 9.59 Å². The van der Waals surface area contributed by atoms with Gasteiger partial charge in [-0.25, -0.2) is 4.79 Å². The summed E-state index contributed by atoms with van der Waals surface area (Å²) in [4.78, 5) is 26.9. The van der Waals surface area contributed by atoms with Crippen molar-refractivity contribution < 1.29 is 14.0 Å². The molecule has 0 radical (unpaired) electrons. The summed E-state index contributed by atoms with van der Waals surface area (Å²) in [5.41, 5.74) is 3.99. The lowest BCUT2D eigenvalue weighted by molar-refractivity contribution is 0.0702. The van der Waals surface area contributed by atoms with Gasteiger partial charge in [-0.3, -0.25) is 4.79 Å². The fourth-order valence-corrected chi connectivity index (χ4v) is 4.16. The Kier molecular flexibility index (Phi) is 5.34. The van der Waals surface area contributed by atoms with Crippen LogP contribution >= 0.6 is 0 Å². The average molecular weight is 425 g/mol. The number of urea groups is 1. The van der Waals surface area contributed by atoms with Gasteiger partial charge in [-0.15, -0.1) is 0 Å². The monoisotopic (exact) mass is 425 g/mol. The highest BCUT2D eigenvalue weighted by Gasteiger charge is 2.23. The number of hydrogen-bond donors (Lipinski definition) is 2. The van der Waals surface area contributed by atoms with Crippen LogP contribution in [0, 0.1) is 0 Å². The van der Waals surface area contributed by atoms with Crippen molar-refractivity contribution in [1.82, 2.24) is 10.2 Å². The molecule has 5 rings (SSSR count). The molecule has 0 saturated heterocycles. The molecule has 0 saturated carbocycles. The van der Waals surface area contributed by atoms with Crippen LogP contribution in [0.2, 0.25) is 0 Å². The highest BCUT2D eigenvalue weighted by molar-refractivity contribution is 5.92. The summed E-state index contributed by atoms with van der Waals surface area (Å²) in [7, 11) is 0. The van der Waals surface area contributed by atoms with Gasteiger partial charge >= 0.3 is 6.03 Å². The normalized spacial score (nSPS) is 12.9. The van der Waals surface area contributed by atoms with E-state index in [1.807, 2.05) is 42.5 Å². The molecular formula is C26H23N3O3. The van der Waals surface area contributed by atoms with Gasteiger partial charge in [0.15, 0.2) is 5.76 Å². The first-order valence-electron chi connectivity index (χ1n) is 10.6. The van der Waals surface area contributed by atoms with E-state index >= 15 is 0 Å². The van der Waals surface area contributed by atoms with Gasteiger partial charge in [0, 0.05) is 25.3 Å². The Morgan fingerprint density at radius 3 is 2.69 bits per heavy atom. The molecule has 0 bridgehead atoms. The van der Waals surface area contributed by atoms with Crippen molar-refractivity contribution in [2.24, 2.45) is 0 Å². The van der Waals surface area contributed by atoms with Gasteiger partial charge in [-0.05, 0) is 58.1 Å². The highest BCUT2D eigenvalue weighted by atomic mass is 16.3. The molecule has 0 spiro atoms. The Labute approximate surface area is 185 Å². The van der Waals surface area contributed by atoms with Crippen molar-refractivity contribution in [3.8, 4) is 0 Å². The van der Waals surface area contributed by atoms with Gasteiger partial charge in [0.2, 0.25) is 0 Å². The molecule has 0 unspecified atom stereocenters. The highest BCUT2D eigenvalue weighted by Crippen LogP contribution is 2.24. The molecule has 2 heterocycles. The maximum atomic E-state index is 12.6. The van der Waals surface area contributed by atoms with Crippen LogP contribution in [0.1, 0.15) is 27.2 Å². The standard InChI is InChI=1S/C26H23N3O3/c30-25(24-9-4-14-32-24)29-13-12-18-10-11-22(15-21(18)17-29)28-26(31)27-16-20-7-3-6-19-5-1-2-8-23(19)20/h1-11,14-15H,12-13,16-17H2,(H2,27,28,31). The van der Waals surface area contributed by atoms with Crippen molar-refractivity contribution in [2.75, 3.05) is 11.9 Å². The van der Waals surface area contributed by atoms with E-state index in [4.69, 9.17) is 4.42 Å². The zero-order chi connectivity index (χ0) is 21.9. The largest absolute Gasteiger partial charge is 0.459 e. The van der Waals surface area contributed by atoms with E-state index in [0.717, 1.165) is 28.3 Å². The molecule has 160 valence electrons. The zero-order valence-corrected chi connectivity index (χ0v) is 17.5. The summed E-state index contributed by atoms with van der Waals surface area (Å²) in [6.07, 6.45) is 2.28. The third-order valence-electron chi connectivity index (χ3n) is 5.81. The van der Waals surface area contributed by atoms with Gasteiger partial charge in [0.25, 0.3) is 5.91 Å². The Morgan fingerprint density at radius 1 is 0.938 bits per heavy atom. The molecule has 2 N–H and O–H groups in total. The number of furan rings is 1. The SMILES string of the molecule is O=C(NCc1cccc2ccccc12)Nc1ccc2c(c1)CN(C(=O)c1ccco1)CC2. The van der Waals surface area contributed by atoms with Crippen LogP contribution in [0.25, 0.3) is 10.8 Å². The molecule has 32 heavy (non-hydrogen) atoms. The lowest BCUT2D eigenvalue weighted by Crippen LogP contribution is -2.36. The molecule has 0 atom stereocenters. The second-order valence-electron chi connectivity index (χ2n) is 7.88. The van der Waals surface area contributed by atoms with Crippen molar-refractivity contribution in [3.05, 3.63) is 102 Å². The number of rotatable bonds is 4. The molecule has 3 amide bonds. The van der Waals surface area contributed by atoms with Crippen LogP contribution in [0.3, 0.4) is 0 Å². The molecule has 6 nitrogen and oxygen atoms in total. The van der Waals surface area contributed by atoms with E-state index in [-0.39, 0.29) is 11.9 Å². The van der Waals surface area contributed by atoms with Gasteiger partial charge in [-0.2, -0.15) is 0 Å². The van der Waals surface area contributed by atoms with Gasteiger partial charge in [0.05, 0.1) is 6.26 Å². The summed E-state index contributed by atoms with van der Waals surface area (Å²) >= 11 is 0. The molecule has 6 heteroatoms. The van der Waals surface area contributed by atoms with Crippen LogP contribution in [0.5, 0.6) is 0 Å². The smallest absolute Gasteiger partial charge is 0.319 e. The minimum absolute atomic E-state index is 0.119. The molecular weight excluding hydrogens is 402 g/mol. The van der Waals surface area contributed by atoms with E-state index in [2.05, 4.69) is 28.8 Å². The van der Waals surface area contributed by atoms with E-state index < -0.39 is 0 Å². The number of nitrogens with one attached hydrogen (secondary N) is 2. The van der Waals surface area contributed by atoms with Crippen molar-refractivity contribution in [1.29, 1.82) is 0 Å². The van der Waals surface area contributed by atoms with Gasteiger partial charge in [0.1, 0.15) is 0 Å². The summed E-state index contributed by atoms with van der Waals surface area (Å²) in [6, 6.07) is 23.2. The number of amides is 3. The first kappa shape index (κ1) is 19.9. The molecule has 1 aliphatic rings. The van der Waals surface area contributed by atoms with Crippen molar-refractivity contribution in [2.45, 2.75) is 19.5 Å².